The van der Waals surface area contributed by atoms with Gasteiger partial charge < -0.3 is 19.7 Å². The minimum atomic E-state index is -4.32. The lowest BCUT2D eigenvalue weighted by molar-refractivity contribution is -0.140. The molecular formula is C32H39Cl2N3O6S. The second-order valence-corrected chi connectivity index (χ2v) is 13.0. The van der Waals surface area contributed by atoms with Crippen LogP contribution in [0.3, 0.4) is 0 Å². The molecule has 0 aliphatic rings. The van der Waals surface area contributed by atoms with Crippen LogP contribution in [0.15, 0.2) is 65.6 Å². The van der Waals surface area contributed by atoms with Crippen LogP contribution in [0.5, 0.6) is 11.5 Å². The Bertz CT molecular complexity index is 1550. The van der Waals surface area contributed by atoms with Crippen LogP contribution in [0.2, 0.25) is 10.0 Å². The summed E-state index contributed by atoms with van der Waals surface area (Å²) < 4.78 is 40.1. The summed E-state index contributed by atoms with van der Waals surface area (Å²) >= 11 is 13.0. The van der Waals surface area contributed by atoms with Gasteiger partial charge in [0.15, 0.2) is 11.5 Å². The molecule has 9 nitrogen and oxygen atoms in total. The van der Waals surface area contributed by atoms with Crippen LogP contribution >= 0.6 is 23.2 Å². The summed E-state index contributed by atoms with van der Waals surface area (Å²) in [5.74, 6) is -0.406. The van der Waals surface area contributed by atoms with E-state index in [0.29, 0.717) is 27.8 Å². The first kappa shape index (κ1) is 35.0. The Hall–Kier alpha value is -3.47. The lowest BCUT2D eigenvalue weighted by Gasteiger charge is -2.34. The molecule has 0 heterocycles. The van der Waals surface area contributed by atoms with Gasteiger partial charge in [-0.3, -0.25) is 13.9 Å². The summed E-state index contributed by atoms with van der Waals surface area (Å²) in [6.45, 7) is 6.76. The van der Waals surface area contributed by atoms with Crippen molar-refractivity contribution in [2.75, 3.05) is 25.1 Å². The molecule has 2 unspecified atom stereocenters. The lowest BCUT2D eigenvalue weighted by atomic mass is 10.1. The first-order valence-electron chi connectivity index (χ1n) is 14.2. The Kier molecular flexibility index (Phi) is 12.3. The van der Waals surface area contributed by atoms with Crippen molar-refractivity contribution in [2.24, 2.45) is 0 Å². The molecule has 0 spiro atoms. The first-order valence-corrected chi connectivity index (χ1v) is 16.4. The number of hydrogen-bond donors (Lipinski definition) is 1. The highest BCUT2D eigenvalue weighted by Crippen LogP contribution is 2.33. The van der Waals surface area contributed by atoms with E-state index in [2.05, 4.69) is 5.32 Å². The van der Waals surface area contributed by atoms with E-state index < -0.39 is 28.5 Å². The summed E-state index contributed by atoms with van der Waals surface area (Å²) in [5, 5.41) is 3.59. The Labute approximate surface area is 270 Å². The molecule has 3 rings (SSSR count). The fraction of sp³-hybridized carbons (Fsp3) is 0.375. The highest BCUT2D eigenvalue weighted by Gasteiger charge is 2.35. The number of carbonyl (C=O) groups is 2. The van der Waals surface area contributed by atoms with E-state index in [4.69, 9.17) is 32.7 Å². The maximum absolute atomic E-state index is 14.3. The number of amides is 2. The first-order chi connectivity index (χ1) is 20.9. The highest BCUT2D eigenvalue weighted by atomic mass is 35.5. The van der Waals surface area contributed by atoms with E-state index >= 15 is 0 Å². The average Bonchev–Trinajstić information content (AvgIpc) is 3.00. The van der Waals surface area contributed by atoms with Crippen LogP contribution in [0.4, 0.5) is 5.69 Å². The zero-order valence-electron chi connectivity index (χ0n) is 25.8. The predicted octanol–water partition coefficient (Wildman–Crippen LogP) is 6.24. The third-order valence-corrected chi connectivity index (χ3v) is 9.80. The van der Waals surface area contributed by atoms with Gasteiger partial charge in [-0.1, -0.05) is 60.8 Å². The van der Waals surface area contributed by atoms with Crippen LogP contribution in [-0.2, 0) is 26.2 Å². The second-order valence-electron chi connectivity index (χ2n) is 10.3. The minimum Gasteiger partial charge on any atom is -0.493 e. The Morgan fingerprint density at radius 1 is 0.909 bits per heavy atom. The second kappa shape index (κ2) is 15.5. The molecule has 0 saturated carbocycles. The summed E-state index contributed by atoms with van der Waals surface area (Å²) in [5.41, 5.74) is 1.63. The van der Waals surface area contributed by atoms with Crippen molar-refractivity contribution in [1.29, 1.82) is 0 Å². The van der Waals surface area contributed by atoms with Gasteiger partial charge in [0, 0.05) is 34.3 Å². The molecule has 44 heavy (non-hydrogen) atoms. The standard InChI is InChI=1S/C32H39Cl2N3O6S/c1-7-22(4)35-32(39)28(8-2)36(19-25-26(33)10-9-11-27(25)34)31(38)20-37(23-14-12-21(3)13-15-23)44(40,41)24-16-17-29(42-5)30(18-24)43-6/h9-18,22,28H,7-8,19-20H2,1-6H3,(H,35,39). The van der Waals surface area contributed by atoms with Crippen LogP contribution in [0, 0.1) is 6.92 Å². The SMILES string of the molecule is CCC(C)NC(=O)C(CC)N(Cc1c(Cl)cccc1Cl)C(=O)CN(c1ccc(C)cc1)S(=O)(=O)c1ccc(OC)c(OC)c1. The molecule has 2 amide bonds. The smallest absolute Gasteiger partial charge is 0.264 e. The molecule has 0 aliphatic carbocycles. The topological polar surface area (TPSA) is 105 Å². The molecule has 238 valence electrons. The molecule has 0 bridgehead atoms. The van der Waals surface area contributed by atoms with Crippen LogP contribution in [0.25, 0.3) is 0 Å². The number of halogens is 2. The van der Waals surface area contributed by atoms with Crippen molar-refractivity contribution >= 4 is 50.7 Å². The van der Waals surface area contributed by atoms with E-state index in [1.807, 2.05) is 20.8 Å². The van der Waals surface area contributed by atoms with E-state index in [0.717, 1.165) is 9.87 Å². The molecule has 0 saturated heterocycles. The van der Waals surface area contributed by atoms with Gasteiger partial charge in [-0.25, -0.2) is 8.42 Å². The maximum Gasteiger partial charge on any atom is 0.264 e. The van der Waals surface area contributed by atoms with Crippen LogP contribution in [0.1, 0.15) is 44.7 Å². The van der Waals surface area contributed by atoms with Gasteiger partial charge in [0.25, 0.3) is 10.0 Å². The number of aryl methyl sites for hydroxylation is 1. The number of methoxy groups -OCH3 is 2. The molecule has 3 aromatic carbocycles. The molecule has 0 radical (unpaired) electrons. The van der Waals surface area contributed by atoms with Crippen LogP contribution in [-0.4, -0.2) is 58.0 Å². The third-order valence-electron chi connectivity index (χ3n) is 7.32. The maximum atomic E-state index is 14.3. The Morgan fingerprint density at radius 3 is 2.07 bits per heavy atom. The molecule has 0 fully saturated rings. The minimum absolute atomic E-state index is 0.106. The van der Waals surface area contributed by atoms with Crippen molar-refractivity contribution in [3.8, 4) is 11.5 Å². The van der Waals surface area contributed by atoms with Gasteiger partial charge >= 0.3 is 0 Å². The summed E-state index contributed by atoms with van der Waals surface area (Å²) in [6, 6.07) is 14.9. The number of anilines is 1. The lowest BCUT2D eigenvalue weighted by Crippen LogP contribution is -2.53. The number of rotatable bonds is 14. The predicted molar refractivity (Wildman–Crippen MR) is 174 cm³/mol. The number of nitrogens with zero attached hydrogens (tertiary/aromatic N) is 2. The summed E-state index contributed by atoms with van der Waals surface area (Å²) in [4.78, 5) is 29.0. The fourth-order valence-corrected chi connectivity index (χ4v) is 6.51. The van der Waals surface area contributed by atoms with Crippen molar-refractivity contribution in [3.63, 3.8) is 0 Å². The fourth-order valence-electron chi connectivity index (χ4n) is 4.56. The van der Waals surface area contributed by atoms with Crippen LogP contribution < -0.4 is 19.1 Å². The van der Waals surface area contributed by atoms with Gasteiger partial charge in [0.1, 0.15) is 12.6 Å². The summed E-state index contributed by atoms with van der Waals surface area (Å²) in [6.07, 6.45) is 0.959. The zero-order chi connectivity index (χ0) is 32.6. The number of ether oxygens (including phenoxy) is 2. The molecular weight excluding hydrogens is 625 g/mol. The van der Waals surface area contributed by atoms with E-state index in [-0.39, 0.29) is 41.2 Å². The van der Waals surface area contributed by atoms with Gasteiger partial charge in [-0.15, -0.1) is 0 Å². The highest BCUT2D eigenvalue weighted by molar-refractivity contribution is 7.92. The largest absolute Gasteiger partial charge is 0.493 e. The molecule has 1 N–H and O–H groups in total. The molecule has 0 aliphatic heterocycles. The monoisotopic (exact) mass is 663 g/mol. The van der Waals surface area contributed by atoms with Crippen molar-refractivity contribution in [3.05, 3.63) is 81.8 Å². The molecule has 12 heteroatoms. The quantitative estimate of drug-likeness (QED) is 0.219. The number of benzene rings is 3. The van der Waals surface area contributed by atoms with Gasteiger partial charge in [-0.05, 0) is 63.1 Å². The van der Waals surface area contributed by atoms with Crippen molar-refractivity contribution in [2.45, 2.75) is 64.1 Å². The van der Waals surface area contributed by atoms with Gasteiger partial charge in [0.2, 0.25) is 11.8 Å². The van der Waals surface area contributed by atoms with Crippen molar-refractivity contribution < 1.29 is 27.5 Å². The number of sulfonamides is 1. The van der Waals surface area contributed by atoms with E-state index in [1.165, 1.54) is 37.3 Å². The average molecular weight is 665 g/mol. The normalized spacial score (nSPS) is 12.6. The van der Waals surface area contributed by atoms with Gasteiger partial charge in [-0.2, -0.15) is 0 Å². The number of nitrogens with one attached hydrogen (secondary N) is 1. The van der Waals surface area contributed by atoms with E-state index in [9.17, 15) is 18.0 Å². The van der Waals surface area contributed by atoms with Crippen molar-refractivity contribution in [1.82, 2.24) is 10.2 Å². The number of carbonyl (C=O) groups excluding carboxylic acids is 2. The molecule has 0 aromatic heterocycles. The number of hydrogen-bond acceptors (Lipinski definition) is 6. The van der Waals surface area contributed by atoms with Gasteiger partial charge in [0.05, 0.1) is 24.8 Å². The molecule has 3 aromatic rings. The summed E-state index contributed by atoms with van der Waals surface area (Å²) in [7, 11) is -1.47. The zero-order valence-corrected chi connectivity index (χ0v) is 28.1. The van der Waals surface area contributed by atoms with E-state index in [1.54, 1.807) is 49.4 Å². The Morgan fingerprint density at radius 2 is 1.52 bits per heavy atom. The molecule has 2 atom stereocenters. The Balaban J connectivity index is 2.13. The third kappa shape index (κ3) is 8.16.